The number of fused-ring (bicyclic) bond motifs is 1. The lowest BCUT2D eigenvalue weighted by Crippen LogP contribution is -2.22. The van der Waals surface area contributed by atoms with Gasteiger partial charge in [-0.2, -0.15) is 0 Å². The Bertz CT molecular complexity index is 576. The number of alkyl halides is 1. The number of rotatable bonds is 5. The van der Waals surface area contributed by atoms with Gasteiger partial charge < -0.3 is 4.57 Å². The lowest BCUT2D eigenvalue weighted by molar-refractivity contribution is 0.252. The smallest absolute Gasteiger partial charge is 0.124 e. The number of hydrogen-bond donors (Lipinski definition) is 0. The Morgan fingerprint density at radius 3 is 2.35 bits per heavy atom. The SMILES string of the molecule is Cc1ccc2c(c1)nc(CCl)n2CC(C(C)C)C(C)C. The van der Waals surface area contributed by atoms with Gasteiger partial charge in [0, 0.05) is 6.54 Å². The summed E-state index contributed by atoms with van der Waals surface area (Å²) in [6.45, 7) is 12.3. The third kappa shape index (κ3) is 3.01. The zero-order chi connectivity index (χ0) is 14.9. The zero-order valence-corrected chi connectivity index (χ0v) is 13.9. The maximum Gasteiger partial charge on any atom is 0.124 e. The van der Waals surface area contributed by atoms with Crippen LogP contribution in [-0.2, 0) is 12.4 Å². The van der Waals surface area contributed by atoms with Gasteiger partial charge in [0.25, 0.3) is 0 Å². The van der Waals surface area contributed by atoms with E-state index in [0.29, 0.717) is 23.6 Å². The lowest BCUT2D eigenvalue weighted by Gasteiger charge is -2.26. The fourth-order valence-electron chi connectivity index (χ4n) is 3.00. The first kappa shape index (κ1) is 15.4. The molecule has 0 atom stereocenters. The van der Waals surface area contributed by atoms with Gasteiger partial charge in [0.05, 0.1) is 16.9 Å². The molecule has 0 saturated carbocycles. The van der Waals surface area contributed by atoms with Gasteiger partial charge in [0.1, 0.15) is 5.82 Å². The second kappa shape index (κ2) is 6.17. The molecule has 0 unspecified atom stereocenters. The predicted octanol–water partition coefficient (Wildman–Crippen LogP) is 5.01. The van der Waals surface area contributed by atoms with E-state index in [4.69, 9.17) is 16.6 Å². The molecule has 1 aromatic carbocycles. The quantitative estimate of drug-likeness (QED) is 0.708. The maximum atomic E-state index is 6.10. The van der Waals surface area contributed by atoms with E-state index in [0.717, 1.165) is 17.9 Å². The summed E-state index contributed by atoms with van der Waals surface area (Å²) >= 11 is 6.10. The molecule has 2 rings (SSSR count). The number of aryl methyl sites for hydroxylation is 1. The van der Waals surface area contributed by atoms with Crippen LogP contribution in [0.5, 0.6) is 0 Å². The van der Waals surface area contributed by atoms with Crippen molar-refractivity contribution in [2.45, 2.75) is 47.0 Å². The van der Waals surface area contributed by atoms with Crippen LogP contribution >= 0.6 is 11.6 Å². The van der Waals surface area contributed by atoms with Crippen LogP contribution in [0.4, 0.5) is 0 Å². The molecular weight excluding hydrogens is 268 g/mol. The van der Waals surface area contributed by atoms with Crippen molar-refractivity contribution < 1.29 is 0 Å². The molecule has 3 heteroatoms. The highest BCUT2D eigenvalue weighted by Gasteiger charge is 2.21. The average molecular weight is 293 g/mol. The molecular formula is C17H25ClN2. The summed E-state index contributed by atoms with van der Waals surface area (Å²) in [5.74, 6) is 3.40. The van der Waals surface area contributed by atoms with Gasteiger partial charge in [0.2, 0.25) is 0 Å². The summed E-state index contributed by atoms with van der Waals surface area (Å²) in [6, 6.07) is 6.46. The monoisotopic (exact) mass is 292 g/mol. The van der Waals surface area contributed by atoms with Crippen molar-refractivity contribution in [1.82, 2.24) is 9.55 Å². The van der Waals surface area contributed by atoms with Crippen LogP contribution in [0.2, 0.25) is 0 Å². The van der Waals surface area contributed by atoms with E-state index in [1.54, 1.807) is 0 Å². The number of nitrogens with zero attached hydrogens (tertiary/aromatic N) is 2. The van der Waals surface area contributed by atoms with E-state index in [1.807, 2.05) is 0 Å². The highest BCUT2D eigenvalue weighted by molar-refractivity contribution is 6.16. The number of halogens is 1. The number of aromatic nitrogens is 2. The number of imidazole rings is 1. The summed E-state index contributed by atoms with van der Waals surface area (Å²) in [7, 11) is 0. The van der Waals surface area contributed by atoms with Gasteiger partial charge in [0.15, 0.2) is 0 Å². The van der Waals surface area contributed by atoms with Crippen LogP contribution in [0.25, 0.3) is 11.0 Å². The summed E-state index contributed by atoms with van der Waals surface area (Å²) < 4.78 is 2.31. The average Bonchev–Trinajstić information content (AvgIpc) is 2.71. The standard InChI is InChI=1S/C17H25ClN2/c1-11(2)14(12(3)4)10-20-16-7-6-13(5)8-15(16)19-17(20)9-18/h6-8,11-12,14H,9-10H2,1-5H3. The topological polar surface area (TPSA) is 17.8 Å². The minimum Gasteiger partial charge on any atom is -0.327 e. The molecule has 0 aliphatic carbocycles. The summed E-state index contributed by atoms with van der Waals surface area (Å²) in [4.78, 5) is 4.69. The zero-order valence-electron chi connectivity index (χ0n) is 13.2. The fraction of sp³-hybridized carbons (Fsp3) is 0.588. The predicted molar refractivity (Wildman–Crippen MR) is 87.2 cm³/mol. The Morgan fingerprint density at radius 1 is 1.15 bits per heavy atom. The molecule has 0 aliphatic heterocycles. The highest BCUT2D eigenvalue weighted by Crippen LogP contribution is 2.27. The van der Waals surface area contributed by atoms with Crippen molar-refractivity contribution in [2.24, 2.45) is 17.8 Å². The Labute approximate surface area is 127 Å². The third-order valence-electron chi connectivity index (χ3n) is 4.21. The Hall–Kier alpha value is -1.02. The van der Waals surface area contributed by atoms with Crippen LogP contribution < -0.4 is 0 Å². The molecule has 1 aromatic heterocycles. The van der Waals surface area contributed by atoms with Crippen molar-refractivity contribution in [3.05, 3.63) is 29.6 Å². The van der Waals surface area contributed by atoms with Gasteiger partial charge in [-0.25, -0.2) is 4.98 Å². The van der Waals surface area contributed by atoms with Gasteiger partial charge in [-0.1, -0.05) is 33.8 Å². The third-order valence-corrected chi connectivity index (χ3v) is 4.45. The Morgan fingerprint density at radius 2 is 1.80 bits per heavy atom. The molecule has 1 heterocycles. The number of hydrogen-bond acceptors (Lipinski definition) is 1. The van der Waals surface area contributed by atoms with Gasteiger partial charge in [-0.3, -0.25) is 0 Å². The van der Waals surface area contributed by atoms with Crippen LogP contribution in [0, 0.1) is 24.7 Å². The van der Waals surface area contributed by atoms with Crippen molar-refractivity contribution in [1.29, 1.82) is 0 Å². The van der Waals surface area contributed by atoms with Crippen LogP contribution in [-0.4, -0.2) is 9.55 Å². The largest absolute Gasteiger partial charge is 0.327 e. The summed E-state index contributed by atoms with van der Waals surface area (Å²) in [5.41, 5.74) is 3.51. The molecule has 2 aromatic rings. The lowest BCUT2D eigenvalue weighted by atomic mass is 9.85. The Kier molecular flexibility index (Phi) is 4.74. The van der Waals surface area contributed by atoms with Crippen LogP contribution in [0.1, 0.15) is 39.1 Å². The maximum absolute atomic E-state index is 6.10. The molecule has 0 amide bonds. The van der Waals surface area contributed by atoms with Crippen LogP contribution in [0.15, 0.2) is 18.2 Å². The van der Waals surface area contributed by atoms with E-state index >= 15 is 0 Å². The van der Waals surface area contributed by atoms with E-state index in [1.165, 1.54) is 11.1 Å². The summed E-state index contributed by atoms with van der Waals surface area (Å²) in [5, 5.41) is 0. The summed E-state index contributed by atoms with van der Waals surface area (Å²) in [6.07, 6.45) is 0. The van der Waals surface area contributed by atoms with Crippen molar-refractivity contribution >= 4 is 22.6 Å². The molecule has 2 nitrogen and oxygen atoms in total. The molecule has 20 heavy (non-hydrogen) atoms. The van der Waals surface area contributed by atoms with Crippen molar-refractivity contribution in [2.75, 3.05) is 0 Å². The first-order chi connectivity index (χ1) is 9.43. The minimum absolute atomic E-state index is 0.469. The van der Waals surface area contributed by atoms with E-state index < -0.39 is 0 Å². The highest BCUT2D eigenvalue weighted by atomic mass is 35.5. The minimum atomic E-state index is 0.469. The molecule has 0 N–H and O–H groups in total. The van der Waals surface area contributed by atoms with E-state index in [-0.39, 0.29) is 0 Å². The molecule has 0 aliphatic rings. The second-order valence-electron chi connectivity index (χ2n) is 6.42. The normalized spacial score (nSPS) is 12.2. The molecule has 0 fully saturated rings. The van der Waals surface area contributed by atoms with Crippen molar-refractivity contribution in [3.63, 3.8) is 0 Å². The molecule has 110 valence electrons. The number of benzene rings is 1. The van der Waals surface area contributed by atoms with E-state index in [2.05, 4.69) is 57.4 Å². The van der Waals surface area contributed by atoms with Gasteiger partial charge >= 0.3 is 0 Å². The van der Waals surface area contributed by atoms with Gasteiger partial charge in [-0.15, -0.1) is 11.6 Å². The fourth-order valence-corrected chi connectivity index (χ4v) is 3.20. The Balaban J connectivity index is 2.46. The van der Waals surface area contributed by atoms with Gasteiger partial charge in [-0.05, 0) is 42.4 Å². The van der Waals surface area contributed by atoms with Crippen LogP contribution in [0.3, 0.4) is 0 Å². The molecule has 0 spiro atoms. The molecule has 0 radical (unpaired) electrons. The first-order valence-corrected chi connectivity index (χ1v) is 7.99. The first-order valence-electron chi connectivity index (χ1n) is 7.45. The molecule has 0 saturated heterocycles. The van der Waals surface area contributed by atoms with E-state index in [9.17, 15) is 0 Å². The van der Waals surface area contributed by atoms with Crippen molar-refractivity contribution in [3.8, 4) is 0 Å². The second-order valence-corrected chi connectivity index (χ2v) is 6.68. The molecule has 0 bridgehead atoms.